The van der Waals surface area contributed by atoms with Crippen LogP contribution in [0.2, 0.25) is 10.0 Å². The number of rotatable bonds is 3. The fourth-order valence-corrected chi connectivity index (χ4v) is 4.45. The normalized spacial score (nSPS) is 17.7. The van der Waals surface area contributed by atoms with Crippen LogP contribution in [0.4, 0.5) is 11.8 Å². The molecule has 2 aromatic rings. The van der Waals surface area contributed by atoms with Crippen molar-refractivity contribution in [1.29, 1.82) is 0 Å². The molecule has 1 aliphatic carbocycles. The van der Waals surface area contributed by atoms with Gasteiger partial charge < -0.3 is 10.2 Å². The van der Waals surface area contributed by atoms with Crippen LogP contribution in [0.15, 0.2) is 24.4 Å². The van der Waals surface area contributed by atoms with E-state index in [1.54, 1.807) is 0 Å². The fraction of sp³-hybridized carbons (Fsp3) is 0.400. The van der Waals surface area contributed by atoms with Crippen molar-refractivity contribution < 1.29 is 0 Å². The van der Waals surface area contributed by atoms with E-state index in [1.165, 1.54) is 32.1 Å². The predicted molar refractivity (Wildman–Crippen MR) is 110 cm³/mol. The second-order valence-corrected chi connectivity index (χ2v) is 7.89. The SMILES string of the molecule is CN1CC(c2c(Cl)cccc2Cl)=Cc2cnc(NC3CCCCC3)nc21. The zero-order valence-electron chi connectivity index (χ0n) is 14.8. The lowest BCUT2D eigenvalue weighted by Gasteiger charge is -2.28. The van der Waals surface area contributed by atoms with Crippen LogP contribution in [0, 0.1) is 0 Å². The number of anilines is 2. The standard InChI is InChI=1S/C20H22Cl2N4/c1-26-12-14(18-16(21)8-5-9-17(18)22)10-13-11-23-20(25-19(13)26)24-15-6-3-2-4-7-15/h5,8-11,15H,2-4,6-7,12H2,1H3,(H,23,24,25). The lowest BCUT2D eigenvalue weighted by Crippen LogP contribution is -2.27. The van der Waals surface area contributed by atoms with Gasteiger partial charge in [0.15, 0.2) is 0 Å². The molecule has 0 spiro atoms. The Labute approximate surface area is 164 Å². The van der Waals surface area contributed by atoms with Gasteiger partial charge in [-0.2, -0.15) is 4.98 Å². The molecule has 1 aliphatic heterocycles. The topological polar surface area (TPSA) is 41.1 Å². The van der Waals surface area contributed by atoms with Crippen LogP contribution in [-0.4, -0.2) is 29.6 Å². The number of halogens is 2. The van der Waals surface area contributed by atoms with Gasteiger partial charge in [-0.3, -0.25) is 0 Å². The first-order valence-electron chi connectivity index (χ1n) is 9.11. The molecule has 0 saturated heterocycles. The van der Waals surface area contributed by atoms with Gasteiger partial charge in [-0.05, 0) is 36.6 Å². The number of benzene rings is 1. The van der Waals surface area contributed by atoms with Gasteiger partial charge in [0, 0.05) is 47.0 Å². The number of hydrogen-bond acceptors (Lipinski definition) is 4. The molecule has 4 nitrogen and oxygen atoms in total. The third kappa shape index (κ3) is 3.53. The van der Waals surface area contributed by atoms with E-state index in [-0.39, 0.29) is 0 Å². The minimum absolute atomic E-state index is 0.490. The molecule has 2 aliphatic rings. The molecule has 0 unspecified atom stereocenters. The first kappa shape index (κ1) is 17.6. The van der Waals surface area contributed by atoms with Crippen molar-refractivity contribution in [1.82, 2.24) is 9.97 Å². The Hall–Kier alpha value is -1.78. The molecule has 1 fully saturated rings. The minimum atomic E-state index is 0.490. The Bertz CT molecular complexity index is 823. The van der Waals surface area contributed by atoms with E-state index in [9.17, 15) is 0 Å². The molecule has 0 bridgehead atoms. The molecule has 1 N–H and O–H groups in total. The highest BCUT2D eigenvalue weighted by molar-refractivity contribution is 6.38. The van der Waals surface area contributed by atoms with Crippen LogP contribution in [0.3, 0.4) is 0 Å². The Morgan fingerprint density at radius 1 is 1.12 bits per heavy atom. The first-order chi connectivity index (χ1) is 12.6. The molecular weight excluding hydrogens is 367 g/mol. The highest BCUT2D eigenvalue weighted by atomic mass is 35.5. The van der Waals surface area contributed by atoms with Gasteiger partial charge in [0.2, 0.25) is 5.95 Å². The van der Waals surface area contributed by atoms with Crippen LogP contribution < -0.4 is 10.2 Å². The molecule has 1 saturated carbocycles. The Balaban J connectivity index is 1.63. The number of likely N-dealkylation sites (N-methyl/N-ethyl adjacent to an activating group) is 1. The van der Waals surface area contributed by atoms with Gasteiger partial charge in [0.1, 0.15) is 5.82 Å². The molecule has 136 valence electrons. The third-order valence-corrected chi connectivity index (χ3v) is 5.75. The van der Waals surface area contributed by atoms with Crippen LogP contribution in [0.25, 0.3) is 11.6 Å². The van der Waals surface area contributed by atoms with Crippen molar-refractivity contribution in [2.24, 2.45) is 0 Å². The lowest BCUT2D eigenvalue weighted by atomic mass is 9.96. The van der Waals surface area contributed by atoms with Crippen molar-refractivity contribution in [3.63, 3.8) is 0 Å². The number of nitrogens with one attached hydrogen (secondary N) is 1. The minimum Gasteiger partial charge on any atom is -0.355 e. The molecule has 1 aromatic heterocycles. The second kappa shape index (κ2) is 7.45. The Morgan fingerprint density at radius 3 is 2.58 bits per heavy atom. The summed E-state index contributed by atoms with van der Waals surface area (Å²) in [4.78, 5) is 11.4. The maximum Gasteiger partial charge on any atom is 0.224 e. The molecule has 6 heteroatoms. The summed E-state index contributed by atoms with van der Waals surface area (Å²) in [6.45, 7) is 0.705. The van der Waals surface area contributed by atoms with Gasteiger partial charge in [-0.1, -0.05) is 48.5 Å². The molecule has 0 radical (unpaired) electrons. The summed E-state index contributed by atoms with van der Waals surface area (Å²) in [5.74, 6) is 1.65. The van der Waals surface area contributed by atoms with Crippen molar-refractivity contribution in [2.45, 2.75) is 38.1 Å². The smallest absolute Gasteiger partial charge is 0.224 e. The lowest BCUT2D eigenvalue weighted by molar-refractivity contribution is 0.461. The molecule has 0 amide bonds. The number of hydrogen-bond donors (Lipinski definition) is 1. The van der Waals surface area contributed by atoms with E-state index in [0.29, 0.717) is 22.6 Å². The van der Waals surface area contributed by atoms with Crippen molar-refractivity contribution in [3.8, 4) is 0 Å². The summed E-state index contributed by atoms with van der Waals surface area (Å²) in [5.41, 5.74) is 2.95. The molecule has 26 heavy (non-hydrogen) atoms. The fourth-order valence-electron chi connectivity index (χ4n) is 3.81. The second-order valence-electron chi connectivity index (χ2n) is 7.07. The summed E-state index contributed by atoms with van der Waals surface area (Å²) in [7, 11) is 2.04. The average Bonchev–Trinajstić information content (AvgIpc) is 2.63. The first-order valence-corrected chi connectivity index (χ1v) is 9.87. The molecule has 4 rings (SSSR count). The molecule has 2 heterocycles. The monoisotopic (exact) mass is 388 g/mol. The quantitative estimate of drug-likeness (QED) is 0.751. The summed E-state index contributed by atoms with van der Waals surface area (Å²) in [6.07, 6.45) is 10.3. The zero-order chi connectivity index (χ0) is 18.1. The Kier molecular flexibility index (Phi) is 5.05. The maximum absolute atomic E-state index is 6.39. The van der Waals surface area contributed by atoms with Crippen LogP contribution in [-0.2, 0) is 0 Å². The van der Waals surface area contributed by atoms with Gasteiger partial charge in [-0.25, -0.2) is 4.98 Å². The van der Waals surface area contributed by atoms with Gasteiger partial charge in [0.25, 0.3) is 0 Å². The summed E-state index contributed by atoms with van der Waals surface area (Å²) in [6, 6.07) is 6.09. The van der Waals surface area contributed by atoms with Gasteiger partial charge in [0.05, 0.1) is 0 Å². The van der Waals surface area contributed by atoms with E-state index in [2.05, 4.69) is 21.3 Å². The van der Waals surface area contributed by atoms with Crippen molar-refractivity contribution in [2.75, 3.05) is 23.8 Å². The van der Waals surface area contributed by atoms with E-state index < -0.39 is 0 Å². The van der Waals surface area contributed by atoms with Gasteiger partial charge in [-0.15, -0.1) is 0 Å². The summed E-state index contributed by atoms with van der Waals surface area (Å²) in [5, 5.41) is 4.83. The van der Waals surface area contributed by atoms with Crippen LogP contribution in [0.5, 0.6) is 0 Å². The predicted octanol–water partition coefficient (Wildman–Crippen LogP) is 5.52. The third-order valence-electron chi connectivity index (χ3n) is 5.12. The highest BCUT2D eigenvalue weighted by Crippen LogP contribution is 2.37. The van der Waals surface area contributed by atoms with E-state index in [4.69, 9.17) is 28.2 Å². The molecule has 0 atom stereocenters. The maximum atomic E-state index is 6.39. The van der Waals surface area contributed by atoms with E-state index in [0.717, 1.165) is 28.5 Å². The number of nitrogens with zero attached hydrogens (tertiary/aromatic N) is 3. The van der Waals surface area contributed by atoms with Crippen LogP contribution in [0.1, 0.15) is 43.2 Å². The van der Waals surface area contributed by atoms with E-state index in [1.807, 2.05) is 31.4 Å². The molecular formula is C20H22Cl2N4. The van der Waals surface area contributed by atoms with Gasteiger partial charge >= 0.3 is 0 Å². The average molecular weight is 389 g/mol. The van der Waals surface area contributed by atoms with Crippen molar-refractivity contribution in [3.05, 3.63) is 45.6 Å². The summed E-state index contributed by atoms with van der Waals surface area (Å²) < 4.78 is 0. The largest absolute Gasteiger partial charge is 0.355 e. The summed E-state index contributed by atoms with van der Waals surface area (Å²) >= 11 is 12.8. The Morgan fingerprint density at radius 2 is 1.85 bits per heavy atom. The van der Waals surface area contributed by atoms with Crippen LogP contribution >= 0.6 is 23.2 Å². The zero-order valence-corrected chi connectivity index (χ0v) is 16.3. The molecule has 1 aromatic carbocycles. The highest BCUT2D eigenvalue weighted by Gasteiger charge is 2.22. The number of aromatic nitrogens is 2. The number of fused-ring (bicyclic) bond motifs is 1. The van der Waals surface area contributed by atoms with Crippen molar-refractivity contribution >= 4 is 46.6 Å². The van der Waals surface area contributed by atoms with E-state index >= 15 is 0 Å².